The molecule has 0 spiro atoms. The summed E-state index contributed by atoms with van der Waals surface area (Å²) in [4.78, 5) is 36.5. The van der Waals surface area contributed by atoms with Gasteiger partial charge in [-0.05, 0) is 51.0 Å². The summed E-state index contributed by atoms with van der Waals surface area (Å²) in [6, 6.07) is 2.59. The smallest absolute Gasteiger partial charge is 0.338 e. The van der Waals surface area contributed by atoms with E-state index in [4.69, 9.17) is 14.5 Å². The highest BCUT2D eigenvalue weighted by Crippen LogP contribution is 2.36. The third-order valence-corrected chi connectivity index (χ3v) is 7.03. The molecule has 0 aliphatic carbocycles. The number of carboxylic acids is 1. The van der Waals surface area contributed by atoms with Crippen molar-refractivity contribution in [2.75, 3.05) is 26.3 Å². The molecule has 2 aliphatic heterocycles. The topological polar surface area (TPSA) is 113 Å². The van der Waals surface area contributed by atoms with Crippen LogP contribution in [-0.4, -0.2) is 70.7 Å². The molecule has 9 nitrogen and oxygen atoms in total. The van der Waals surface area contributed by atoms with E-state index in [-0.39, 0.29) is 18.7 Å². The van der Waals surface area contributed by atoms with Crippen molar-refractivity contribution >= 4 is 29.1 Å². The first-order valence-electron chi connectivity index (χ1n) is 11.6. The summed E-state index contributed by atoms with van der Waals surface area (Å²) in [6.45, 7) is 7.89. The number of aryl methyl sites for hydroxylation is 1. The van der Waals surface area contributed by atoms with Crippen LogP contribution in [0.15, 0.2) is 46.0 Å². The van der Waals surface area contributed by atoms with E-state index in [1.165, 1.54) is 23.5 Å². The third kappa shape index (κ3) is 5.18. The summed E-state index contributed by atoms with van der Waals surface area (Å²) in [5.74, 6) is -1.54. The first-order valence-corrected chi connectivity index (χ1v) is 12.5. The molecule has 2 aliphatic rings. The zero-order chi connectivity index (χ0) is 26.0. The lowest BCUT2D eigenvalue weighted by Gasteiger charge is -2.44. The highest BCUT2D eigenvalue weighted by molar-refractivity contribution is 7.11. The fraction of sp³-hybridized carbons (Fsp3) is 0.440. The molecule has 2 unspecified atom stereocenters. The summed E-state index contributed by atoms with van der Waals surface area (Å²) < 4.78 is 25.1. The van der Waals surface area contributed by atoms with Crippen molar-refractivity contribution in [2.45, 2.75) is 45.4 Å². The van der Waals surface area contributed by atoms with Crippen LogP contribution in [0.2, 0.25) is 0 Å². The summed E-state index contributed by atoms with van der Waals surface area (Å²) in [5.41, 5.74) is 1.04. The molecule has 2 N–H and O–H groups in total. The molecule has 1 aromatic carbocycles. The molecule has 192 valence electrons. The van der Waals surface area contributed by atoms with Gasteiger partial charge >= 0.3 is 11.9 Å². The number of benzene rings is 1. The van der Waals surface area contributed by atoms with E-state index in [2.05, 4.69) is 10.3 Å². The molecule has 0 radical (unpaired) electrons. The van der Waals surface area contributed by atoms with E-state index >= 15 is 0 Å². The Balaban J connectivity index is 1.85. The number of aliphatic imine (C=N–C) groups is 1. The lowest BCUT2D eigenvalue weighted by Crippen LogP contribution is -2.61. The molecule has 1 fully saturated rings. The number of thiazole rings is 1. The summed E-state index contributed by atoms with van der Waals surface area (Å²) in [6.07, 6.45) is 1.65. The molecular weight excluding hydrogens is 487 g/mol. The second-order valence-electron chi connectivity index (χ2n) is 9.12. The Morgan fingerprint density at radius 2 is 2.17 bits per heavy atom. The summed E-state index contributed by atoms with van der Waals surface area (Å²) in [5, 5.41) is 15.7. The highest BCUT2D eigenvalue weighted by atomic mass is 32.1. The maximum atomic E-state index is 13.9. The van der Waals surface area contributed by atoms with Crippen molar-refractivity contribution in [3.63, 3.8) is 0 Å². The summed E-state index contributed by atoms with van der Waals surface area (Å²) >= 11 is 1.38. The Morgan fingerprint density at radius 3 is 2.81 bits per heavy atom. The number of nitrogens with one attached hydrogen (secondary N) is 1. The standard InChI is InChI=1S/C25H29FN4O5S/c1-5-34-24(33)18-17(13-30-9-10-35-25(3,4)20(30)23(31)32)28-21(22-27-8-11-36-22)29-19(18)16-7-6-15(26)12-14(16)2/h6-8,11-12,19-20H,5,9-10,13H2,1-4H3,(H,28,29)(H,31,32). The Hall–Kier alpha value is -3.15. The van der Waals surface area contributed by atoms with Gasteiger partial charge in [-0.3, -0.25) is 14.7 Å². The number of carboxylic acid groups (broad SMARTS) is 1. The van der Waals surface area contributed by atoms with E-state index in [1.54, 1.807) is 44.9 Å². The van der Waals surface area contributed by atoms with E-state index < -0.39 is 35.4 Å². The van der Waals surface area contributed by atoms with Gasteiger partial charge in [-0.15, -0.1) is 11.3 Å². The number of aromatic nitrogens is 1. The molecule has 0 bridgehead atoms. The maximum Gasteiger partial charge on any atom is 0.338 e. The number of aliphatic carboxylic acids is 1. The van der Waals surface area contributed by atoms with Gasteiger partial charge in [-0.2, -0.15) is 0 Å². The van der Waals surface area contributed by atoms with Crippen molar-refractivity contribution in [1.82, 2.24) is 15.2 Å². The van der Waals surface area contributed by atoms with Crippen LogP contribution in [0.4, 0.5) is 4.39 Å². The molecule has 2 aromatic rings. The minimum Gasteiger partial charge on any atom is -0.480 e. The number of rotatable bonds is 7. The average molecular weight is 517 g/mol. The second-order valence-corrected chi connectivity index (χ2v) is 10.0. The number of carbonyl (C=O) groups excluding carboxylic acids is 1. The normalized spacial score (nSPS) is 22.1. The minimum atomic E-state index is -1.02. The lowest BCUT2D eigenvalue weighted by molar-refractivity contribution is -0.170. The number of ether oxygens (including phenoxy) is 2. The first-order chi connectivity index (χ1) is 17.1. The average Bonchev–Trinajstić information content (AvgIpc) is 3.33. The predicted octanol–water partition coefficient (Wildman–Crippen LogP) is 3.06. The van der Waals surface area contributed by atoms with Crippen LogP contribution in [0.5, 0.6) is 0 Å². The number of amidine groups is 1. The third-order valence-electron chi connectivity index (χ3n) is 6.25. The number of carbonyl (C=O) groups is 2. The molecule has 36 heavy (non-hydrogen) atoms. The Labute approximate surface area is 212 Å². The van der Waals surface area contributed by atoms with Crippen LogP contribution >= 0.6 is 11.3 Å². The second kappa shape index (κ2) is 10.5. The zero-order valence-electron chi connectivity index (χ0n) is 20.6. The van der Waals surface area contributed by atoms with Crippen molar-refractivity contribution in [1.29, 1.82) is 0 Å². The van der Waals surface area contributed by atoms with Gasteiger partial charge < -0.3 is 19.9 Å². The fourth-order valence-electron chi connectivity index (χ4n) is 4.69. The van der Waals surface area contributed by atoms with Crippen LogP contribution in [0.25, 0.3) is 0 Å². The van der Waals surface area contributed by atoms with Crippen LogP contribution in [-0.2, 0) is 19.1 Å². The fourth-order valence-corrected chi connectivity index (χ4v) is 5.28. The number of hydrogen-bond acceptors (Lipinski definition) is 9. The van der Waals surface area contributed by atoms with Gasteiger partial charge in [0.05, 0.1) is 24.4 Å². The summed E-state index contributed by atoms with van der Waals surface area (Å²) in [7, 11) is 0. The van der Waals surface area contributed by atoms with Crippen LogP contribution in [0.1, 0.15) is 42.9 Å². The Kier molecular flexibility index (Phi) is 7.53. The zero-order valence-corrected chi connectivity index (χ0v) is 21.4. The van der Waals surface area contributed by atoms with Gasteiger partial charge in [0.25, 0.3) is 0 Å². The largest absolute Gasteiger partial charge is 0.480 e. The minimum absolute atomic E-state index is 0.110. The molecule has 11 heteroatoms. The number of esters is 1. The molecule has 3 heterocycles. The van der Waals surface area contributed by atoms with Crippen molar-refractivity contribution in [2.24, 2.45) is 4.99 Å². The van der Waals surface area contributed by atoms with Gasteiger partial charge in [-0.1, -0.05) is 6.07 Å². The maximum absolute atomic E-state index is 13.9. The number of hydrogen-bond donors (Lipinski definition) is 2. The Bertz CT molecular complexity index is 1210. The monoisotopic (exact) mass is 516 g/mol. The molecule has 0 saturated carbocycles. The van der Waals surface area contributed by atoms with Crippen LogP contribution < -0.4 is 5.32 Å². The van der Waals surface area contributed by atoms with Crippen LogP contribution in [0, 0.1) is 12.7 Å². The van der Waals surface area contributed by atoms with Crippen molar-refractivity contribution < 1.29 is 28.6 Å². The van der Waals surface area contributed by atoms with Crippen LogP contribution in [0.3, 0.4) is 0 Å². The molecule has 0 amide bonds. The quantitative estimate of drug-likeness (QED) is 0.540. The first kappa shape index (κ1) is 25.9. The van der Waals surface area contributed by atoms with E-state index in [0.29, 0.717) is 40.8 Å². The molecule has 4 rings (SSSR count). The predicted molar refractivity (Wildman–Crippen MR) is 132 cm³/mol. The molecular formula is C25H29FN4O5S. The van der Waals surface area contributed by atoms with Gasteiger partial charge in [0.1, 0.15) is 17.9 Å². The molecule has 1 saturated heterocycles. The van der Waals surface area contributed by atoms with Crippen molar-refractivity contribution in [3.8, 4) is 0 Å². The number of halogens is 1. The lowest BCUT2D eigenvalue weighted by atomic mass is 9.91. The van der Waals surface area contributed by atoms with Crippen molar-refractivity contribution in [3.05, 3.63) is 63.0 Å². The molecule has 2 atom stereocenters. The SMILES string of the molecule is CCOC(=O)C1=C(CN2CCOC(C)(C)C2C(=O)O)NC(c2nccs2)=NC1c1ccc(F)cc1C. The van der Waals surface area contributed by atoms with Gasteiger partial charge in [0.2, 0.25) is 0 Å². The number of morpholine rings is 1. The highest BCUT2D eigenvalue weighted by Gasteiger charge is 2.45. The van der Waals surface area contributed by atoms with Gasteiger partial charge in [0.15, 0.2) is 10.8 Å². The van der Waals surface area contributed by atoms with Gasteiger partial charge in [0, 0.05) is 30.4 Å². The van der Waals surface area contributed by atoms with Gasteiger partial charge in [-0.25, -0.2) is 14.2 Å². The number of nitrogens with zero attached hydrogens (tertiary/aromatic N) is 3. The van der Waals surface area contributed by atoms with E-state index in [1.807, 2.05) is 5.38 Å². The Morgan fingerprint density at radius 1 is 1.39 bits per heavy atom. The van der Waals surface area contributed by atoms with E-state index in [0.717, 1.165) is 0 Å². The molecule has 1 aromatic heterocycles. The van der Waals surface area contributed by atoms with E-state index in [9.17, 15) is 19.1 Å².